The molecule has 118 valence electrons. The van der Waals surface area contributed by atoms with Gasteiger partial charge in [0.15, 0.2) is 0 Å². The van der Waals surface area contributed by atoms with Gasteiger partial charge in [0.05, 0.1) is 18.1 Å². The summed E-state index contributed by atoms with van der Waals surface area (Å²) < 4.78 is 50.4. The minimum atomic E-state index is -3.97. The Balaban J connectivity index is 2.56. The first-order valence-corrected chi connectivity index (χ1v) is 8.29. The van der Waals surface area contributed by atoms with Crippen molar-refractivity contribution >= 4 is 42.9 Å². The summed E-state index contributed by atoms with van der Waals surface area (Å²) >= 11 is 5.74. The summed E-state index contributed by atoms with van der Waals surface area (Å²) in [6.07, 6.45) is -2.71. The van der Waals surface area contributed by atoms with E-state index in [1.807, 2.05) is 0 Å². The second-order valence-electron chi connectivity index (χ2n) is 3.85. The van der Waals surface area contributed by atoms with Gasteiger partial charge in [0, 0.05) is 16.4 Å². The third-order valence-electron chi connectivity index (χ3n) is 2.20. The Morgan fingerprint density at radius 3 is 2.57 bits per heavy atom. The lowest BCUT2D eigenvalue weighted by Crippen LogP contribution is -2.15. The van der Waals surface area contributed by atoms with E-state index < -0.39 is 28.0 Å². The number of rotatable bonds is 7. The number of anilines is 1. The molecule has 0 spiro atoms. The lowest BCUT2D eigenvalue weighted by Gasteiger charge is -2.07. The summed E-state index contributed by atoms with van der Waals surface area (Å²) in [6.45, 7) is -0.889. The Morgan fingerprint density at radius 2 is 2.05 bits per heavy atom. The number of alkyl halides is 2. The van der Waals surface area contributed by atoms with Crippen LogP contribution in [0.3, 0.4) is 0 Å². The molecule has 1 aromatic rings. The van der Waals surface area contributed by atoms with Crippen molar-refractivity contribution in [2.24, 2.45) is 0 Å². The Bertz CT molecular complexity index is 610. The molecule has 1 amide bonds. The van der Waals surface area contributed by atoms with Crippen LogP contribution < -0.4 is 5.32 Å². The van der Waals surface area contributed by atoms with Crippen molar-refractivity contribution in [1.82, 2.24) is 0 Å². The Kier molecular flexibility index (Phi) is 6.79. The fraction of sp³-hybridized carbons (Fsp3) is 0.364. The molecule has 21 heavy (non-hydrogen) atoms. The van der Waals surface area contributed by atoms with Crippen molar-refractivity contribution in [3.05, 3.63) is 23.2 Å². The van der Waals surface area contributed by atoms with Crippen molar-refractivity contribution in [2.75, 3.05) is 18.5 Å². The molecule has 0 aromatic heterocycles. The molecule has 0 heterocycles. The van der Waals surface area contributed by atoms with E-state index in [1.165, 1.54) is 12.1 Å². The van der Waals surface area contributed by atoms with Gasteiger partial charge in [-0.1, -0.05) is 11.6 Å². The Hall–Kier alpha value is -0.960. The summed E-state index contributed by atoms with van der Waals surface area (Å²) in [5.74, 6) is -0.484. The largest absolute Gasteiger partial charge is 0.375 e. The highest BCUT2D eigenvalue weighted by Gasteiger charge is 2.15. The molecule has 1 rings (SSSR count). The maximum Gasteiger partial charge on any atom is 0.262 e. The van der Waals surface area contributed by atoms with Crippen LogP contribution in [0.15, 0.2) is 23.1 Å². The molecule has 1 N–H and O–H groups in total. The molecule has 0 aliphatic carbocycles. The molecule has 0 saturated heterocycles. The van der Waals surface area contributed by atoms with Gasteiger partial charge in [-0.3, -0.25) is 4.79 Å². The van der Waals surface area contributed by atoms with Crippen molar-refractivity contribution in [3.8, 4) is 0 Å². The van der Waals surface area contributed by atoms with Crippen LogP contribution in [0.25, 0.3) is 0 Å². The van der Waals surface area contributed by atoms with E-state index in [9.17, 15) is 22.0 Å². The fourth-order valence-electron chi connectivity index (χ4n) is 1.34. The van der Waals surface area contributed by atoms with Crippen molar-refractivity contribution < 1.29 is 26.7 Å². The second-order valence-corrected chi connectivity index (χ2v) is 6.79. The van der Waals surface area contributed by atoms with Gasteiger partial charge in [-0.25, -0.2) is 17.2 Å². The standard InChI is InChI=1S/C11H11Cl2F2NO4S/c12-8-5-7(1-2-9(8)21(13,18)19)16-11(17)3-4-20-6-10(14)15/h1-2,5,10H,3-4,6H2,(H,16,17). The number of hydrogen-bond donors (Lipinski definition) is 1. The minimum absolute atomic E-state index is 0.125. The summed E-state index contributed by atoms with van der Waals surface area (Å²) in [7, 11) is 1.19. The van der Waals surface area contributed by atoms with Gasteiger partial charge in [-0.15, -0.1) is 0 Å². The van der Waals surface area contributed by atoms with Crippen molar-refractivity contribution in [2.45, 2.75) is 17.7 Å². The lowest BCUT2D eigenvalue weighted by molar-refractivity contribution is -0.117. The predicted octanol–water partition coefficient (Wildman–Crippen LogP) is 2.88. The highest BCUT2D eigenvalue weighted by Crippen LogP contribution is 2.27. The van der Waals surface area contributed by atoms with Crippen molar-refractivity contribution in [1.29, 1.82) is 0 Å². The van der Waals surface area contributed by atoms with E-state index in [-0.39, 0.29) is 28.6 Å². The third-order valence-corrected chi connectivity index (χ3v) is 4.00. The number of carbonyl (C=O) groups excluding carboxylic acids is 1. The number of nitrogens with one attached hydrogen (secondary N) is 1. The summed E-state index contributed by atoms with van der Waals surface area (Å²) in [5, 5.41) is 2.28. The van der Waals surface area contributed by atoms with Gasteiger partial charge in [0.1, 0.15) is 11.5 Å². The zero-order valence-corrected chi connectivity index (χ0v) is 12.8. The Labute approximate surface area is 129 Å². The molecule has 5 nitrogen and oxygen atoms in total. The van der Waals surface area contributed by atoms with Gasteiger partial charge < -0.3 is 10.1 Å². The normalized spacial score (nSPS) is 11.7. The molecular weight excluding hydrogens is 351 g/mol. The minimum Gasteiger partial charge on any atom is -0.375 e. The molecule has 0 saturated carbocycles. The van der Waals surface area contributed by atoms with E-state index >= 15 is 0 Å². The first kappa shape index (κ1) is 18.1. The second kappa shape index (κ2) is 7.88. The van der Waals surface area contributed by atoms with Gasteiger partial charge in [-0.2, -0.15) is 0 Å². The maximum atomic E-state index is 11.8. The van der Waals surface area contributed by atoms with Crippen LogP contribution in [-0.4, -0.2) is 34.0 Å². The molecule has 10 heteroatoms. The zero-order chi connectivity index (χ0) is 16.0. The highest BCUT2D eigenvalue weighted by molar-refractivity contribution is 8.13. The molecule has 0 aliphatic rings. The van der Waals surface area contributed by atoms with Crippen LogP contribution in [0.4, 0.5) is 14.5 Å². The van der Waals surface area contributed by atoms with Crippen LogP contribution in [0, 0.1) is 0 Å². The summed E-state index contributed by atoms with van der Waals surface area (Å²) in [4.78, 5) is 11.2. The van der Waals surface area contributed by atoms with Gasteiger partial charge >= 0.3 is 0 Å². The zero-order valence-electron chi connectivity index (χ0n) is 10.5. The molecule has 0 atom stereocenters. The lowest BCUT2D eigenvalue weighted by atomic mass is 10.3. The fourth-order valence-corrected chi connectivity index (χ4v) is 2.87. The number of benzene rings is 1. The molecular formula is C11H11Cl2F2NO4S. The Morgan fingerprint density at radius 1 is 1.38 bits per heavy atom. The number of amides is 1. The van der Waals surface area contributed by atoms with E-state index in [0.717, 1.165) is 6.07 Å². The highest BCUT2D eigenvalue weighted by atomic mass is 35.7. The first-order chi connectivity index (χ1) is 9.70. The summed E-state index contributed by atoms with van der Waals surface area (Å²) in [5.41, 5.74) is 0.253. The predicted molar refractivity (Wildman–Crippen MR) is 74.6 cm³/mol. The van der Waals surface area contributed by atoms with Crippen LogP contribution in [-0.2, 0) is 18.6 Å². The molecule has 0 radical (unpaired) electrons. The number of halogens is 4. The summed E-state index contributed by atoms with van der Waals surface area (Å²) in [6, 6.07) is 3.67. The molecule has 0 fully saturated rings. The van der Waals surface area contributed by atoms with E-state index in [0.29, 0.717) is 0 Å². The molecule has 0 bridgehead atoms. The average molecular weight is 362 g/mol. The first-order valence-electron chi connectivity index (χ1n) is 5.60. The van der Waals surface area contributed by atoms with Crippen molar-refractivity contribution in [3.63, 3.8) is 0 Å². The number of ether oxygens (including phenoxy) is 1. The monoisotopic (exact) mass is 361 g/mol. The van der Waals surface area contributed by atoms with Gasteiger partial charge in [0.25, 0.3) is 15.5 Å². The number of carbonyl (C=O) groups is 1. The van der Waals surface area contributed by atoms with E-state index in [1.54, 1.807) is 0 Å². The molecule has 1 aromatic carbocycles. The topological polar surface area (TPSA) is 72.5 Å². The molecule has 0 aliphatic heterocycles. The average Bonchev–Trinajstić information content (AvgIpc) is 2.33. The molecule has 0 unspecified atom stereocenters. The van der Waals surface area contributed by atoms with Gasteiger partial charge in [0.2, 0.25) is 5.91 Å². The number of hydrogen-bond acceptors (Lipinski definition) is 4. The van der Waals surface area contributed by atoms with E-state index in [4.69, 9.17) is 22.3 Å². The van der Waals surface area contributed by atoms with E-state index in [2.05, 4.69) is 10.1 Å². The maximum absolute atomic E-state index is 11.8. The van der Waals surface area contributed by atoms with Crippen LogP contribution >= 0.6 is 22.3 Å². The third kappa shape index (κ3) is 6.56. The van der Waals surface area contributed by atoms with Crippen LogP contribution in [0.2, 0.25) is 5.02 Å². The quantitative estimate of drug-likeness (QED) is 0.598. The SMILES string of the molecule is O=C(CCOCC(F)F)Nc1ccc(S(=O)(=O)Cl)c(Cl)c1. The van der Waals surface area contributed by atoms with Crippen LogP contribution in [0.5, 0.6) is 0 Å². The van der Waals surface area contributed by atoms with Gasteiger partial charge in [-0.05, 0) is 18.2 Å². The van der Waals surface area contributed by atoms with Crippen LogP contribution in [0.1, 0.15) is 6.42 Å². The smallest absolute Gasteiger partial charge is 0.262 e.